The predicted molar refractivity (Wildman–Crippen MR) is 66.6 cm³/mol. The molecule has 0 heterocycles. The van der Waals surface area contributed by atoms with Crippen molar-refractivity contribution in [3.63, 3.8) is 0 Å². The Labute approximate surface area is 104 Å². The average molecular weight is 252 g/mol. The second-order valence-electron chi connectivity index (χ2n) is 3.60. The molecule has 0 radical (unpaired) electrons. The summed E-state index contributed by atoms with van der Waals surface area (Å²) in [5.41, 5.74) is 7.05. The van der Waals surface area contributed by atoms with Gasteiger partial charge in [0, 0.05) is 0 Å². The molecule has 2 aromatic carbocycles. The van der Waals surface area contributed by atoms with Crippen LogP contribution in [0.5, 0.6) is 5.75 Å². The van der Waals surface area contributed by atoms with Gasteiger partial charge in [-0.25, -0.2) is 4.39 Å². The Morgan fingerprint density at radius 2 is 1.82 bits per heavy atom. The molecule has 0 saturated carbocycles. The van der Waals surface area contributed by atoms with Gasteiger partial charge in [-0.15, -0.1) is 0 Å². The van der Waals surface area contributed by atoms with Gasteiger partial charge in [-0.3, -0.25) is 0 Å². The zero-order chi connectivity index (χ0) is 12.3. The van der Waals surface area contributed by atoms with Crippen LogP contribution in [0.1, 0.15) is 5.56 Å². The van der Waals surface area contributed by atoms with Crippen LogP contribution in [0.4, 0.5) is 10.1 Å². The number of ether oxygens (including phenoxy) is 1. The molecular formula is C13H11ClFNO. The maximum atomic E-state index is 12.7. The molecule has 4 heteroatoms. The number of hydrogen-bond donors (Lipinski definition) is 1. The Morgan fingerprint density at radius 1 is 1.12 bits per heavy atom. The molecule has 2 nitrogen and oxygen atoms in total. The van der Waals surface area contributed by atoms with Crippen LogP contribution in [0.25, 0.3) is 0 Å². The molecule has 17 heavy (non-hydrogen) atoms. The summed E-state index contributed by atoms with van der Waals surface area (Å²) in [7, 11) is 0. The number of nitrogens with two attached hydrogens (primary N) is 1. The molecule has 2 N–H and O–H groups in total. The van der Waals surface area contributed by atoms with E-state index >= 15 is 0 Å². The minimum Gasteiger partial charge on any atom is -0.489 e. The fourth-order valence-electron chi connectivity index (χ4n) is 1.36. The summed E-state index contributed by atoms with van der Waals surface area (Å²) in [6.07, 6.45) is 0. The van der Waals surface area contributed by atoms with Crippen molar-refractivity contribution in [2.45, 2.75) is 6.61 Å². The van der Waals surface area contributed by atoms with Crippen molar-refractivity contribution in [1.29, 1.82) is 0 Å². The van der Waals surface area contributed by atoms with Crippen LogP contribution in [0, 0.1) is 5.82 Å². The normalized spacial score (nSPS) is 10.2. The molecule has 0 bridgehead atoms. The number of rotatable bonds is 3. The van der Waals surface area contributed by atoms with E-state index in [1.54, 1.807) is 24.3 Å². The lowest BCUT2D eigenvalue weighted by atomic mass is 10.2. The molecule has 0 aliphatic heterocycles. The van der Waals surface area contributed by atoms with Crippen LogP contribution >= 0.6 is 11.6 Å². The molecule has 2 rings (SSSR count). The molecule has 0 amide bonds. The maximum absolute atomic E-state index is 12.7. The van der Waals surface area contributed by atoms with Gasteiger partial charge in [0.25, 0.3) is 0 Å². The second kappa shape index (κ2) is 5.06. The number of hydrogen-bond acceptors (Lipinski definition) is 2. The van der Waals surface area contributed by atoms with Crippen LogP contribution in [-0.2, 0) is 6.61 Å². The summed E-state index contributed by atoms with van der Waals surface area (Å²) in [5.74, 6) is 0.326. The fraction of sp³-hybridized carbons (Fsp3) is 0.0769. The van der Waals surface area contributed by atoms with Crippen LogP contribution in [0.15, 0.2) is 42.5 Å². The molecule has 0 unspecified atom stereocenters. The van der Waals surface area contributed by atoms with Gasteiger partial charge in [0.1, 0.15) is 18.2 Å². The van der Waals surface area contributed by atoms with Crippen molar-refractivity contribution in [2.75, 3.05) is 5.73 Å². The lowest BCUT2D eigenvalue weighted by molar-refractivity contribution is 0.306. The molecule has 0 saturated heterocycles. The third-order valence-corrected chi connectivity index (χ3v) is 2.61. The Bertz CT molecular complexity index is 513. The molecule has 88 valence electrons. The van der Waals surface area contributed by atoms with E-state index in [1.165, 1.54) is 12.1 Å². The molecule has 0 aliphatic carbocycles. The molecule has 0 aromatic heterocycles. The quantitative estimate of drug-likeness (QED) is 0.846. The third-order valence-electron chi connectivity index (χ3n) is 2.28. The van der Waals surface area contributed by atoms with Gasteiger partial charge in [0.05, 0.1) is 10.7 Å². The first-order chi connectivity index (χ1) is 8.15. The van der Waals surface area contributed by atoms with Crippen LogP contribution in [-0.4, -0.2) is 0 Å². The highest BCUT2D eigenvalue weighted by Crippen LogP contribution is 2.21. The number of nitrogen functional groups attached to an aromatic ring is 1. The van der Waals surface area contributed by atoms with Gasteiger partial charge in [-0.05, 0) is 42.0 Å². The van der Waals surface area contributed by atoms with Crippen LogP contribution in [0.3, 0.4) is 0 Å². The molecular weight excluding hydrogens is 241 g/mol. The largest absolute Gasteiger partial charge is 0.489 e. The van der Waals surface area contributed by atoms with Gasteiger partial charge < -0.3 is 10.5 Å². The van der Waals surface area contributed by atoms with Crippen LogP contribution in [0.2, 0.25) is 5.02 Å². The highest BCUT2D eigenvalue weighted by Gasteiger charge is 2.00. The lowest BCUT2D eigenvalue weighted by Gasteiger charge is -2.07. The highest BCUT2D eigenvalue weighted by molar-refractivity contribution is 6.33. The fourth-order valence-corrected chi connectivity index (χ4v) is 1.56. The smallest absolute Gasteiger partial charge is 0.123 e. The number of benzene rings is 2. The molecule has 2 aromatic rings. The lowest BCUT2D eigenvalue weighted by Crippen LogP contribution is -1.96. The topological polar surface area (TPSA) is 35.2 Å². The molecule has 0 atom stereocenters. The predicted octanol–water partition coefficient (Wildman–Crippen LogP) is 3.64. The van der Waals surface area contributed by atoms with Crippen molar-refractivity contribution >= 4 is 17.3 Å². The Hall–Kier alpha value is -1.74. The average Bonchev–Trinajstić information content (AvgIpc) is 2.33. The minimum atomic E-state index is -0.284. The first-order valence-electron chi connectivity index (χ1n) is 5.07. The van der Waals surface area contributed by atoms with E-state index in [4.69, 9.17) is 22.1 Å². The summed E-state index contributed by atoms with van der Waals surface area (Å²) in [5, 5.41) is 0.505. The van der Waals surface area contributed by atoms with Crippen LogP contribution < -0.4 is 10.5 Å². The van der Waals surface area contributed by atoms with Gasteiger partial charge in [-0.2, -0.15) is 0 Å². The highest BCUT2D eigenvalue weighted by atomic mass is 35.5. The van der Waals surface area contributed by atoms with Gasteiger partial charge in [0.15, 0.2) is 0 Å². The summed E-state index contributed by atoms with van der Waals surface area (Å²) in [6.45, 7) is 0.367. The Kier molecular flexibility index (Phi) is 3.49. The number of halogens is 2. The van der Waals surface area contributed by atoms with E-state index in [9.17, 15) is 4.39 Å². The molecule has 0 aliphatic rings. The summed E-state index contributed by atoms with van der Waals surface area (Å²) in [6, 6.07) is 11.2. The molecule has 0 fully saturated rings. The van der Waals surface area contributed by atoms with Crippen molar-refractivity contribution in [1.82, 2.24) is 0 Å². The van der Waals surface area contributed by atoms with Crippen molar-refractivity contribution in [3.05, 3.63) is 58.9 Å². The summed E-state index contributed by atoms with van der Waals surface area (Å²) < 4.78 is 18.1. The SMILES string of the molecule is Nc1ccc(COc2ccc(F)cc2)cc1Cl. The zero-order valence-electron chi connectivity index (χ0n) is 8.99. The standard InChI is InChI=1S/C13H11ClFNO/c14-12-7-9(1-6-13(12)16)8-17-11-4-2-10(15)3-5-11/h1-7H,8,16H2. The van der Waals surface area contributed by atoms with Gasteiger partial charge in [-0.1, -0.05) is 17.7 Å². The van der Waals surface area contributed by atoms with E-state index in [-0.39, 0.29) is 5.82 Å². The van der Waals surface area contributed by atoms with Crippen molar-refractivity contribution in [2.24, 2.45) is 0 Å². The summed E-state index contributed by atoms with van der Waals surface area (Å²) in [4.78, 5) is 0. The Balaban J connectivity index is 2.02. The number of anilines is 1. The second-order valence-corrected chi connectivity index (χ2v) is 4.01. The van der Waals surface area contributed by atoms with E-state index in [1.807, 2.05) is 6.07 Å². The maximum Gasteiger partial charge on any atom is 0.123 e. The monoisotopic (exact) mass is 251 g/mol. The van der Waals surface area contributed by atoms with E-state index in [0.717, 1.165) is 5.56 Å². The first kappa shape index (κ1) is 11.7. The Morgan fingerprint density at radius 3 is 2.47 bits per heavy atom. The first-order valence-corrected chi connectivity index (χ1v) is 5.45. The van der Waals surface area contributed by atoms with E-state index in [0.29, 0.717) is 23.1 Å². The minimum absolute atomic E-state index is 0.284. The van der Waals surface area contributed by atoms with Gasteiger partial charge in [0.2, 0.25) is 0 Å². The third kappa shape index (κ3) is 3.11. The van der Waals surface area contributed by atoms with E-state index < -0.39 is 0 Å². The van der Waals surface area contributed by atoms with Gasteiger partial charge >= 0.3 is 0 Å². The summed E-state index contributed by atoms with van der Waals surface area (Å²) >= 11 is 5.89. The van der Waals surface area contributed by atoms with Crippen molar-refractivity contribution < 1.29 is 9.13 Å². The molecule has 0 spiro atoms. The zero-order valence-corrected chi connectivity index (χ0v) is 9.75. The van der Waals surface area contributed by atoms with E-state index in [2.05, 4.69) is 0 Å². The van der Waals surface area contributed by atoms with Crippen molar-refractivity contribution in [3.8, 4) is 5.75 Å².